The molecular weight excluding hydrogens is 388 g/mol. The maximum absolute atomic E-state index is 14.1. The van der Waals surface area contributed by atoms with Crippen molar-refractivity contribution in [1.29, 1.82) is 0 Å². The van der Waals surface area contributed by atoms with Gasteiger partial charge in [0.15, 0.2) is 0 Å². The zero-order valence-electron chi connectivity index (χ0n) is 14.1. The van der Waals surface area contributed by atoms with Crippen LogP contribution in [0, 0.1) is 11.6 Å². The number of hydrogen-bond donors (Lipinski definition) is 2. The standard InChI is InChI=1S/C17H16F4N2O3S/c1-22-16(24)12-4-2-11(3-5-12)9-27(25,26)23-10-17(20,21)14-7-6-13(18)8-15(14)19/h2-8,23H,9-10H2,1H3,(H,22,24). The number of hydrogen-bond acceptors (Lipinski definition) is 3. The fourth-order valence-corrected chi connectivity index (χ4v) is 3.38. The summed E-state index contributed by atoms with van der Waals surface area (Å²) in [6, 6.07) is 7.07. The van der Waals surface area contributed by atoms with Gasteiger partial charge >= 0.3 is 0 Å². The Morgan fingerprint density at radius 3 is 2.26 bits per heavy atom. The summed E-state index contributed by atoms with van der Waals surface area (Å²) in [5.41, 5.74) is -0.530. The lowest BCUT2D eigenvalue weighted by molar-refractivity contribution is -0.00152. The minimum atomic E-state index is -4.16. The molecule has 27 heavy (non-hydrogen) atoms. The molecule has 2 aromatic carbocycles. The fourth-order valence-electron chi connectivity index (χ4n) is 2.25. The van der Waals surface area contributed by atoms with E-state index in [9.17, 15) is 30.8 Å². The predicted molar refractivity (Wildman–Crippen MR) is 90.7 cm³/mol. The highest BCUT2D eigenvalue weighted by atomic mass is 32.2. The molecule has 0 unspecified atom stereocenters. The summed E-state index contributed by atoms with van der Waals surface area (Å²) >= 11 is 0. The molecule has 0 saturated heterocycles. The first-order valence-electron chi connectivity index (χ1n) is 7.66. The van der Waals surface area contributed by atoms with Gasteiger partial charge in [0.25, 0.3) is 11.8 Å². The second-order valence-corrected chi connectivity index (χ2v) is 7.49. The first kappa shape index (κ1) is 20.8. The first-order chi connectivity index (χ1) is 12.5. The highest BCUT2D eigenvalue weighted by Crippen LogP contribution is 2.30. The van der Waals surface area contributed by atoms with Crippen LogP contribution in [-0.4, -0.2) is 27.9 Å². The molecular formula is C17H16F4N2O3S. The molecule has 0 aliphatic carbocycles. The third kappa shape index (κ3) is 5.51. The van der Waals surface area contributed by atoms with E-state index in [0.717, 1.165) is 0 Å². The van der Waals surface area contributed by atoms with Crippen LogP contribution < -0.4 is 10.0 Å². The number of halogens is 4. The molecule has 2 N–H and O–H groups in total. The van der Waals surface area contributed by atoms with Crippen LogP contribution in [0.5, 0.6) is 0 Å². The van der Waals surface area contributed by atoms with Gasteiger partial charge in [-0.1, -0.05) is 12.1 Å². The Hall–Kier alpha value is -2.46. The van der Waals surface area contributed by atoms with Crippen molar-refractivity contribution >= 4 is 15.9 Å². The van der Waals surface area contributed by atoms with E-state index >= 15 is 0 Å². The Balaban J connectivity index is 2.06. The lowest BCUT2D eigenvalue weighted by atomic mass is 10.1. The number of carbonyl (C=O) groups is 1. The summed E-state index contributed by atoms with van der Waals surface area (Å²) in [6.07, 6.45) is 0. The highest BCUT2D eigenvalue weighted by Gasteiger charge is 2.36. The molecule has 0 atom stereocenters. The van der Waals surface area contributed by atoms with E-state index in [2.05, 4.69) is 5.32 Å². The van der Waals surface area contributed by atoms with E-state index in [4.69, 9.17) is 0 Å². The smallest absolute Gasteiger partial charge is 0.289 e. The van der Waals surface area contributed by atoms with E-state index in [-0.39, 0.29) is 11.5 Å². The number of sulfonamides is 1. The van der Waals surface area contributed by atoms with Gasteiger partial charge in [-0.25, -0.2) is 21.9 Å². The van der Waals surface area contributed by atoms with Crippen molar-refractivity contribution in [3.63, 3.8) is 0 Å². The number of carbonyl (C=O) groups excluding carboxylic acids is 1. The second kappa shape index (κ2) is 8.05. The summed E-state index contributed by atoms with van der Waals surface area (Å²) in [4.78, 5) is 11.4. The zero-order chi connectivity index (χ0) is 20.2. The van der Waals surface area contributed by atoms with Gasteiger partial charge in [-0.2, -0.15) is 8.78 Å². The van der Waals surface area contributed by atoms with Gasteiger partial charge in [0.1, 0.15) is 11.6 Å². The summed E-state index contributed by atoms with van der Waals surface area (Å²) < 4.78 is 80.2. The normalized spacial score (nSPS) is 12.0. The van der Waals surface area contributed by atoms with Crippen LogP contribution >= 0.6 is 0 Å². The summed E-state index contributed by atoms with van der Waals surface area (Å²) in [5, 5.41) is 2.40. The fraction of sp³-hybridized carbons (Fsp3) is 0.235. The molecule has 0 heterocycles. The summed E-state index contributed by atoms with van der Waals surface area (Å²) in [7, 11) is -2.72. The quantitative estimate of drug-likeness (QED) is 0.697. The molecule has 0 bridgehead atoms. The van der Waals surface area contributed by atoms with Gasteiger partial charge in [0, 0.05) is 18.7 Å². The van der Waals surface area contributed by atoms with E-state index in [0.29, 0.717) is 23.8 Å². The van der Waals surface area contributed by atoms with Crippen molar-refractivity contribution in [3.8, 4) is 0 Å². The number of nitrogens with one attached hydrogen (secondary N) is 2. The maximum Gasteiger partial charge on any atom is 0.289 e. The molecule has 0 radical (unpaired) electrons. The minimum absolute atomic E-state index is 0.270. The van der Waals surface area contributed by atoms with Crippen molar-refractivity contribution in [1.82, 2.24) is 10.0 Å². The molecule has 0 aromatic heterocycles. The number of rotatable bonds is 7. The van der Waals surface area contributed by atoms with E-state index in [1.54, 1.807) is 4.72 Å². The third-order valence-electron chi connectivity index (χ3n) is 3.64. The van der Waals surface area contributed by atoms with Gasteiger partial charge < -0.3 is 5.32 Å². The van der Waals surface area contributed by atoms with Crippen LogP contribution in [0.2, 0.25) is 0 Å². The minimum Gasteiger partial charge on any atom is -0.355 e. The van der Waals surface area contributed by atoms with Crippen molar-refractivity contribution in [2.45, 2.75) is 11.7 Å². The van der Waals surface area contributed by atoms with Crippen molar-refractivity contribution in [2.24, 2.45) is 0 Å². The van der Waals surface area contributed by atoms with E-state index in [1.807, 2.05) is 0 Å². The zero-order valence-corrected chi connectivity index (χ0v) is 14.9. The maximum atomic E-state index is 14.1. The average molecular weight is 404 g/mol. The molecule has 146 valence electrons. The van der Waals surface area contributed by atoms with Crippen LogP contribution in [0.15, 0.2) is 42.5 Å². The third-order valence-corrected chi connectivity index (χ3v) is 4.94. The SMILES string of the molecule is CNC(=O)c1ccc(CS(=O)(=O)NCC(F)(F)c2ccc(F)cc2F)cc1. The van der Waals surface area contributed by atoms with Gasteiger partial charge in [0.2, 0.25) is 10.0 Å². The monoisotopic (exact) mass is 404 g/mol. The summed E-state index contributed by atoms with van der Waals surface area (Å²) in [6.45, 7) is -1.38. The van der Waals surface area contributed by atoms with Crippen LogP contribution in [0.3, 0.4) is 0 Å². The van der Waals surface area contributed by atoms with Crippen molar-refractivity contribution < 1.29 is 30.8 Å². The number of amides is 1. The molecule has 0 saturated carbocycles. The van der Waals surface area contributed by atoms with E-state index < -0.39 is 45.4 Å². The Bertz CT molecular complexity index is 932. The molecule has 5 nitrogen and oxygen atoms in total. The number of benzene rings is 2. The largest absolute Gasteiger partial charge is 0.355 e. The second-order valence-electron chi connectivity index (χ2n) is 5.68. The molecule has 2 aromatic rings. The Kier molecular flexibility index (Phi) is 6.22. The predicted octanol–water partition coefficient (Wildman–Crippen LogP) is 2.54. The molecule has 0 fully saturated rings. The topological polar surface area (TPSA) is 75.3 Å². The Morgan fingerprint density at radius 1 is 1.07 bits per heavy atom. The van der Waals surface area contributed by atoms with Gasteiger partial charge in [-0.15, -0.1) is 0 Å². The average Bonchev–Trinajstić information content (AvgIpc) is 2.59. The van der Waals surface area contributed by atoms with Gasteiger partial charge in [0.05, 0.1) is 17.9 Å². The van der Waals surface area contributed by atoms with Crippen LogP contribution in [0.25, 0.3) is 0 Å². The first-order valence-corrected chi connectivity index (χ1v) is 9.31. The van der Waals surface area contributed by atoms with Gasteiger partial charge in [-0.3, -0.25) is 4.79 Å². The van der Waals surface area contributed by atoms with Crippen molar-refractivity contribution in [3.05, 3.63) is 70.8 Å². The molecule has 0 aliphatic heterocycles. The molecule has 10 heteroatoms. The molecule has 2 rings (SSSR count). The van der Waals surface area contributed by atoms with Crippen molar-refractivity contribution in [2.75, 3.05) is 13.6 Å². The number of alkyl halides is 2. The van der Waals surface area contributed by atoms with Gasteiger partial charge in [-0.05, 0) is 29.8 Å². The molecule has 1 amide bonds. The Labute approximate surface area is 153 Å². The van der Waals surface area contributed by atoms with Crippen LogP contribution in [0.1, 0.15) is 21.5 Å². The van der Waals surface area contributed by atoms with Crippen LogP contribution in [-0.2, 0) is 21.7 Å². The lowest BCUT2D eigenvalue weighted by Crippen LogP contribution is -2.36. The lowest BCUT2D eigenvalue weighted by Gasteiger charge is -2.18. The summed E-state index contributed by atoms with van der Waals surface area (Å²) in [5.74, 6) is -7.32. The Morgan fingerprint density at radius 2 is 1.70 bits per heavy atom. The molecule has 0 aliphatic rings. The molecule has 0 spiro atoms. The van der Waals surface area contributed by atoms with Crippen LogP contribution in [0.4, 0.5) is 17.6 Å². The highest BCUT2D eigenvalue weighted by molar-refractivity contribution is 7.88. The van der Waals surface area contributed by atoms with E-state index in [1.165, 1.54) is 31.3 Å².